The van der Waals surface area contributed by atoms with Crippen molar-refractivity contribution in [3.8, 4) is 22.4 Å². The van der Waals surface area contributed by atoms with Gasteiger partial charge in [-0.2, -0.15) is 4.57 Å². The molecule has 158 valence electrons. The summed E-state index contributed by atoms with van der Waals surface area (Å²) in [6, 6.07) is 22.5. The molecule has 0 bridgehead atoms. The molecule has 31 heavy (non-hydrogen) atoms. The van der Waals surface area contributed by atoms with Crippen LogP contribution in [0.1, 0.15) is 22.3 Å². The van der Waals surface area contributed by atoms with Crippen LogP contribution < -0.4 is 9.75 Å². The Bertz CT molecular complexity index is 1310. The molecule has 0 radical (unpaired) electrons. The molecule has 0 aliphatic carbocycles. The average Bonchev–Trinajstić information content (AvgIpc) is 2.72. The van der Waals surface area contributed by atoms with Gasteiger partial charge in [0.2, 0.25) is 11.2 Å². The van der Waals surface area contributed by atoms with Crippen molar-refractivity contribution in [1.29, 1.82) is 0 Å². The molecular weight excluding hydrogens is 390 g/mol. The summed E-state index contributed by atoms with van der Waals surface area (Å²) in [5, 5.41) is 2.93. The fourth-order valence-electron chi connectivity index (χ4n) is 4.88. The van der Waals surface area contributed by atoms with E-state index in [1.165, 1.54) is 60.7 Å². The summed E-state index contributed by atoms with van der Waals surface area (Å²) in [5.74, 6) is 0. The van der Waals surface area contributed by atoms with Crippen LogP contribution in [0.3, 0.4) is 0 Å². The van der Waals surface area contributed by atoms with E-state index < -0.39 is 8.07 Å². The molecule has 4 rings (SSSR count). The van der Waals surface area contributed by atoms with Crippen LogP contribution in [0.15, 0.2) is 60.7 Å². The number of hydrogen-bond acceptors (Lipinski definition) is 0. The molecule has 1 aromatic heterocycles. The number of aromatic nitrogens is 1. The maximum absolute atomic E-state index is 2.49. The zero-order valence-electron chi connectivity index (χ0n) is 20.2. The molecule has 0 amide bonds. The van der Waals surface area contributed by atoms with Gasteiger partial charge in [0, 0.05) is 17.5 Å². The van der Waals surface area contributed by atoms with Gasteiger partial charge in [-0.05, 0) is 72.3 Å². The second-order valence-electron chi connectivity index (χ2n) is 9.95. The minimum Gasteiger partial charge on any atom is -0.194 e. The SMILES string of the molecule is Cc1ccccc1-c1cc(C)c(C)c(-c2cc([Si](C)(C)C)c3ccccc3[n+]2C)c1C. The van der Waals surface area contributed by atoms with Crippen molar-refractivity contribution in [1.82, 2.24) is 0 Å². The Balaban J connectivity index is 2.12. The van der Waals surface area contributed by atoms with E-state index in [0.29, 0.717) is 0 Å². The van der Waals surface area contributed by atoms with Crippen molar-refractivity contribution in [2.75, 3.05) is 0 Å². The smallest absolute Gasteiger partial charge is 0.194 e. The monoisotopic (exact) mass is 424 g/mol. The fourth-order valence-corrected chi connectivity index (χ4v) is 6.47. The number of benzene rings is 3. The summed E-state index contributed by atoms with van der Waals surface area (Å²) in [5.41, 5.74) is 12.1. The molecular formula is C29H34NSi+. The molecule has 0 N–H and O–H groups in total. The quantitative estimate of drug-likeness (QED) is 0.252. The van der Waals surface area contributed by atoms with Crippen molar-refractivity contribution in [3.63, 3.8) is 0 Å². The van der Waals surface area contributed by atoms with E-state index in [1.807, 2.05) is 0 Å². The third-order valence-corrected chi connectivity index (χ3v) is 8.83. The third kappa shape index (κ3) is 3.63. The number of hydrogen-bond donors (Lipinski definition) is 0. The Labute approximate surface area is 188 Å². The van der Waals surface area contributed by atoms with Gasteiger partial charge in [-0.25, -0.2) is 0 Å². The van der Waals surface area contributed by atoms with Gasteiger partial charge in [0.25, 0.3) is 0 Å². The molecule has 0 spiro atoms. The minimum absolute atomic E-state index is 1.31. The molecule has 0 saturated carbocycles. The van der Waals surface area contributed by atoms with Gasteiger partial charge in [0.05, 0.1) is 13.6 Å². The first-order valence-electron chi connectivity index (χ1n) is 11.2. The first-order chi connectivity index (χ1) is 14.6. The summed E-state index contributed by atoms with van der Waals surface area (Å²) >= 11 is 0. The van der Waals surface area contributed by atoms with Crippen LogP contribution in [-0.4, -0.2) is 8.07 Å². The van der Waals surface area contributed by atoms with E-state index >= 15 is 0 Å². The number of fused-ring (bicyclic) bond motifs is 1. The Morgan fingerprint density at radius 2 is 1.32 bits per heavy atom. The fraction of sp³-hybridized carbons (Fsp3) is 0.276. The highest BCUT2D eigenvalue weighted by molar-refractivity contribution is 6.90. The predicted molar refractivity (Wildman–Crippen MR) is 138 cm³/mol. The Morgan fingerprint density at radius 1 is 0.677 bits per heavy atom. The van der Waals surface area contributed by atoms with E-state index in [2.05, 4.69) is 120 Å². The van der Waals surface area contributed by atoms with E-state index in [9.17, 15) is 0 Å². The standard InChI is InChI=1S/C29H34NSi/c1-19-13-9-10-14-23(19)25-17-20(2)21(3)29(22(25)4)27-18-28(31(6,7)8)24-15-11-12-16-26(24)30(27)5/h9-18H,1-8H3/q+1. The van der Waals surface area contributed by atoms with Crippen LogP contribution in [0.5, 0.6) is 0 Å². The van der Waals surface area contributed by atoms with E-state index in [0.717, 1.165) is 0 Å². The van der Waals surface area contributed by atoms with Crippen LogP contribution in [-0.2, 0) is 7.05 Å². The maximum atomic E-state index is 2.49. The molecule has 0 unspecified atom stereocenters. The molecule has 0 saturated heterocycles. The zero-order valence-corrected chi connectivity index (χ0v) is 21.2. The van der Waals surface area contributed by atoms with E-state index in [4.69, 9.17) is 0 Å². The number of nitrogens with zero attached hydrogens (tertiary/aromatic N) is 1. The van der Waals surface area contributed by atoms with Crippen LogP contribution in [0.2, 0.25) is 19.6 Å². The zero-order chi connectivity index (χ0) is 22.5. The third-order valence-electron chi connectivity index (χ3n) is 6.80. The maximum Gasteiger partial charge on any atom is 0.213 e. The van der Waals surface area contributed by atoms with Gasteiger partial charge >= 0.3 is 0 Å². The van der Waals surface area contributed by atoms with Crippen molar-refractivity contribution < 1.29 is 4.57 Å². The second kappa shape index (κ2) is 7.76. The summed E-state index contributed by atoms with van der Waals surface area (Å²) < 4.78 is 2.40. The molecule has 0 aliphatic heterocycles. The summed E-state index contributed by atoms with van der Waals surface area (Å²) in [7, 11) is 0.689. The lowest BCUT2D eigenvalue weighted by atomic mass is 9.87. The lowest BCUT2D eigenvalue weighted by molar-refractivity contribution is -0.633. The molecule has 1 nitrogen and oxygen atoms in total. The van der Waals surface area contributed by atoms with Crippen molar-refractivity contribution >= 4 is 24.2 Å². The summed E-state index contributed by atoms with van der Waals surface area (Å²) in [4.78, 5) is 0. The largest absolute Gasteiger partial charge is 0.213 e. The average molecular weight is 425 g/mol. The normalized spacial score (nSPS) is 11.9. The van der Waals surface area contributed by atoms with Crippen molar-refractivity contribution in [2.45, 2.75) is 47.3 Å². The topological polar surface area (TPSA) is 3.88 Å². The number of para-hydroxylation sites is 1. The molecule has 4 aromatic rings. The summed E-state index contributed by atoms with van der Waals surface area (Å²) in [6.45, 7) is 16.4. The van der Waals surface area contributed by atoms with Gasteiger partial charge in [-0.1, -0.05) is 62.1 Å². The van der Waals surface area contributed by atoms with E-state index in [-0.39, 0.29) is 0 Å². The van der Waals surface area contributed by atoms with Gasteiger partial charge in [0.15, 0.2) is 0 Å². The number of pyridine rings is 1. The van der Waals surface area contributed by atoms with Crippen LogP contribution in [0.4, 0.5) is 0 Å². The Hall–Kier alpha value is -2.71. The van der Waals surface area contributed by atoms with Gasteiger partial charge in [0.1, 0.15) is 7.05 Å². The molecule has 0 atom stereocenters. The highest BCUT2D eigenvalue weighted by Crippen LogP contribution is 2.37. The van der Waals surface area contributed by atoms with Crippen molar-refractivity contribution in [2.24, 2.45) is 7.05 Å². The Morgan fingerprint density at radius 3 is 2.00 bits per heavy atom. The van der Waals surface area contributed by atoms with Gasteiger partial charge in [-0.3, -0.25) is 0 Å². The highest BCUT2D eigenvalue weighted by atomic mass is 28.3. The first-order valence-corrected chi connectivity index (χ1v) is 14.7. The molecule has 1 heterocycles. The first kappa shape index (κ1) is 21.5. The molecule has 2 heteroatoms. The van der Waals surface area contributed by atoms with Crippen LogP contribution in [0.25, 0.3) is 33.3 Å². The van der Waals surface area contributed by atoms with Crippen molar-refractivity contribution in [3.05, 3.63) is 82.9 Å². The lowest BCUT2D eigenvalue weighted by Crippen LogP contribution is -2.43. The number of rotatable bonds is 3. The van der Waals surface area contributed by atoms with Gasteiger partial charge < -0.3 is 0 Å². The molecule has 0 aliphatic rings. The predicted octanol–water partition coefficient (Wildman–Crippen LogP) is 6.78. The minimum atomic E-state index is -1.53. The lowest BCUT2D eigenvalue weighted by Gasteiger charge is -2.22. The number of aryl methyl sites for hydroxylation is 3. The highest BCUT2D eigenvalue weighted by Gasteiger charge is 2.28. The van der Waals surface area contributed by atoms with Crippen LogP contribution >= 0.6 is 0 Å². The molecule has 3 aromatic carbocycles. The van der Waals surface area contributed by atoms with E-state index in [1.54, 1.807) is 0 Å². The Kier molecular flexibility index (Phi) is 5.39. The van der Waals surface area contributed by atoms with Gasteiger partial charge in [-0.15, -0.1) is 0 Å². The molecule has 0 fully saturated rings. The van der Waals surface area contributed by atoms with Crippen LogP contribution in [0, 0.1) is 27.7 Å². The second-order valence-corrected chi connectivity index (χ2v) is 15.0. The summed E-state index contributed by atoms with van der Waals surface area (Å²) in [6.07, 6.45) is 0.